The Hall–Kier alpha value is -0.820. The second-order valence-electron chi connectivity index (χ2n) is 5.94. The number of aryl methyl sites for hydroxylation is 1. The first kappa shape index (κ1) is 13.6. The van der Waals surface area contributed by atoms with Crippen LogP contribution in [0.3, 0.4) is 0 Å². The van der Waals surface area contributed by atoms with E-state index < -0.39 is 0 Å². The van der Waals surface area contributed by atoms with Gasteiger partial charge in [0.25, 0.3) is 0 Å². The molecule has 0 saturated heterocycles. The molecule has 1 N–H and O–H groups in total. The minimum Gasteiger partial charge on any atom is -0.307 e. The highest BCUT2D eigenvalue weighted by Crippen LogP contribution is 2.28. The van der Waals surface area contributed by atoms with Crippen LogP contribution in [0.25, 0.3) is 0 Å². The van der Waals surface area contributed by atoms with Crippen molar-refractivity contribution >= 4 is 0 Å². The van der Waals surface area contributed by atoms with E-state index in [1.165, 1.54) is 43.2 Å². The summed E-state index contributed by atoms with van der Waals surface area (Å²) < 4.78 is 0. The van der Waals surface area contributed by atoms with Crippen LogP contribution in [0.1, 0.15) is 63.1 Å². The largest absolute Gasteiger partial charge is 0.307 e. The first-order valence-corrected chi connectivity index (χ1v) is 7.51. The predicted molar refractivity (Wildman–Crippen MR) is 78.8 cm³/mol. The van der Waals surface area contributed by atoms with Crippen LogP contribution in [-0.4, -0.2) is 6.04 Å². The second-order valence-corrected chi connectivity index (χ2v) is 5.94. The fraction of sp³-hybridized carbons (Fsp3) is 0.647. The van der Waals surface area contributed by atoms with Gasteiger partial charge in [0.15, 0.2) is 0 Å². The van der Waals surface area contributed by atoms with Gasteiger partial charge in [0.05, 0.1) is 0 Å². The van der Waals surface area contributed by atoms with Gasteiger partial charge in [-0.25, -0.2) is 0 Å². The molecule has 2 unspecified atom stereocenters. The molecule has 100 valence electrons. The van der Waals surface area contributed by atoms with Crippen LogP contribution in [-0.2, 0) is 0 Å². The molecule has 0 bridgehead atoms. The van der Waals surface area contributed by atoms with Crippen molar-refractivity contribution in [2.45, 2.75) is 65.0 Å². The molecule has 1 aliphatic carbocycles. The number of rotatable bonds is 4. The third-order valence-electron chi connectivity index (χ3n) is 4.39. The minimum absolute atomic E-state index is 0.477. The van der Waals surface area contributed by atoms with E-state index in [4.69, 9.17) is 0 Å². The highest BCUT2D eigenvalue weighted by Gasteiger charge is 2.22. The van der Waals surface area contributed by atoms with Crippen molar-refractivity contribution in [1.29, 1.82) is 0 Å². The van der Waals surface area contributed by atoms with Gasteiger partial charge >= 0.3 is 0 Å². The van der Waals surface area contributed by atoms with Crippen molar-refractivity contribution in [3.63, 3.8) is 0 Å². The van der Waals surface area contributed by atoms with E-state index in [0.29, 0.717) is 6.04 Å². The predicted octanol–water partition coefficient (Wildman–Crippen LogP) is 4.61. The summed E-state index contributed by atoms with van der Waals surface area (Å²) in [6.45, 7) is 6.80. The van der Waals surface area contributed by atoms with Crippen molar-refractivity contribution in [2.75, 3.05) is 0 Å². The molecule has 1 aromatic rings. The number of hydrogen-bond acceptors (Lipinski definition) is 1. The van der Waals surface area contributed by atoms with E-state index in [9.17, 15) is 0 Å². The van der Waals surface area contributed by atoms with Gasteiger partial charge in [-0.05, 0) is 38.2 Å². The zero-order chi connectivity index (χ0) is 13.0. The number of benzene rings is 1. The molecule has 1 fully saturated rings. The Balaban J connectivity index is 1.92. The molecule has 3 atom stereocenters. The van der Waals surface area contributed by atoms with Crippen LogP contribution in [0.2, 0.25) is 0 Å². The highest BCUT2D eigenvalue weighted by molar-refractivity contribution is 5.24. The Morgan fingerprint density at radius 3 is 2.89 bits per heavy atom. The quantitative estimate of drug-likeness (QED) is 0.816. The molecule has 0 spiro atoms. The molecule has 1 nitrogen and oxygen atoms in total. The van der Waals surface area contributed by atoms with E-state index in [1.807, 2.05) is 0 Å². The molecule has 1 aromatic carbocycles. The summed E-state index contributed by atoms with van der Waals surface area (Å²) in [7, 11) is 0. The van der Waals surface area contributed by atoms with Gasteiger partial charge in [-0.3, -0.25) is 0 Å². The topological polar surface area (TPSA) is 12.0 Å². The molecule has 0 radical (unpaired) electrons. The fourth-order valence-electron chi connectivity index (χ4n) is 3.20. The summed E-state index contributed by atoms with van der Waals surface area (Å²) in [5.41, 5.74) is 2.78. The maximum absolute atomic E-state index is 3.83. The molecule has 0 aromatic heterocycles. The zero-order valence-electron chi connectivity index (χ0n) is 12.1. The molecule has 0 heterocycles. The fourth-order valence-corrected chi connectivity index (χ4v) is 3.20. The molecule has 1 saturated carbocycles. The molecular formula is C17H27N. The second kappa shape index (κ2) is 6.38. The molecule has 2 rings (SSSR count). The Labute approximate surface area is 112 Å². The summed E-state index contributed by atoms with van der Waals surface area (Å²) in [5, 5.41) is 3.83. The van der Waals surface area contributed by atoms with E-state index in [2.05, 4.69) is 50.4 Å². The van der Waals surface area contributed by atoms with Crippen molar-refractivity contribution in [2.24, 2.45) is 5.92 Å². The van der Waals surface area contributed by atoms with E-state index >= 15 is 0 Å². The van der Waals surface area contributed by atoms with Gasteiger partial charge in [-0.15, -0.1) is 0 Å². The lowest BCUT2D eigenvalue weighted by Gasteiger charge is -2.31. The van der Waals surface area contributed by atoms with Crippen molar-refractivity contribution in [1.82, 2.24) is 5.32 Å². The lowest BCUT2D eigenvalue weighted by Crippen LogP contribution is -2.35. The third-order valence-corrected chi connectivity index (χ3v) is 4.39. The van der Waals surface area contributed by atoms with Crippen molar-refractivity contribution < 1.29 is 0 Å². The maximum atomic E-state index is 3.83. The summed E-state index contributed by atoms with van der Waals surface area (Å²) in [6.07, 6.45) is 6.90. The molecule has 0 amide bonds. The summed E-state index contributed by atoms with van der Waals surface area (Å²) in [5.74, 6) is 0.945. The minimum atomic E-state index is 0.477. The zero-order valence-corrected chi connectivity index (χ0v) is 12.1. The first-order chi connectivity index (χ1) is 8.69. The van der Waals surface area contributed by atoms with Gasteiger partial charge < -0.3 is 5.32 Å². The SMILES string of the molecule is CCC1CCCC(N[C@@H](C)c2cccc(C)c2)C1. The van der Waals surface area contributed by atoms with Crippen LogP contribution in [0.5, 0.6) is 0 Å². The molecular weight excluding hydrogens is 218 g/mol. The average Bonchev–Trinajstić information content (AvgIpc) is 2.39. The standard InChI is InChI=1S/C17H27N/c1-4-15-8-6-10-17(12-15)18-14(3)16-9-5-7-13(2)11-16/h5,7,9,11,14-15,17-18H,4,6,8,10,12H2,1-3H3/t14-,15?,17?/m0/s1. The van der Waals surface area contributed by atoms with Gasteiger partial charge in [-0.1, -0.05) is 56.0 Å². The Kier molecular flexibility index (Phi) is 4.82. The van der Waals surface area contributed by atoms with E-state index in [1.54, 1.807) is 0 Å². The summed E-state index contributed by atoms with van der Waals surface area (Å²) in [6, 6.07) is 10.1. The Morgan fingerprint density at radius 2 is 2.17 bits per heavy atom. The van der Waals surface area contributed by atoms with Gasteiger partial charge in [0.1, 0.15) is 0 Å². The van der Waals surface area contributed by atoms with Gasteiger partial charge in [0.2, 0.25) is 0 Å². The van der Waals surface area contributed by atoms with Crippen LogP contribution in [0.4, 0.5) is 0 Å². The van der Waals surface area contributed by atoms with Crippen LogP contribution in [0.15, 0.2) is 24.3 Å². The van der Waals surface area contributed by atoms with Crippen molar-refractivity contribution in [3.05, 3.63) is 35.4 Å². The third kappa shape index (κ3) is 3.58. The molecule has 18 heavy (non-hydrogen) atoms. The van der Waals surface area contributed by atoms with E-state index in [-0.39, 0.29) is 0 Å². The van der Waals surface area contributed by atoms with Crippen LogP contribution < -0.4 is 5.32 Å². The molecule has 1 heteroatoms. The number of nitrogens with one attached hydrogen (secondary N) is 1. The lowest BCUT2D eigenvalue weighted by atomic mass is 9.84. The molecule has 0 aliphatic heterocycles. The first-order valence-electron chi connectivity index (χ1n) is 7.51. The van der Waals surface area contributed by atoms with E-state index in [0.717, 1.165) is 12.0 Å². The molecule has 1 aliphatic rings. The Bertz CT molecular complexity index is 372. The van der Waals surface area contributed by atoms with Crippen LogP contribution in [0, 0.1) is 12.8 Å². The van der Waals surface area contributed by atoms with Crippen molar-refractivity contribution in [3.8, 4) is 0 Å². The summed E-state index contributed by atoms with van der Waals surface area (Å²) >= 11 is 0. The van der Waals surface area contributed by atoms with Gasteiger partial charge in [0, 0.05) is 12.1 Å². The van der Waals surface area contributed by atoms with Gasteiger partial charge in [-0.2, -0.15) is 0 Å². The highest BCUT2D eigenvalue weighted by atomic mass is 14.9. The van der Waals surface area contributed by atoms with Crippen LogP contribution >= 0.6 is 0 Å². The summed E-state index contributed by atoms with van der Waals surface area (Å²) in [4.78, 5) is 0. The lowest BCUT2D eigenvalue weighted by molar-refractivity contribution is 0.266. The maximum Gasteiger partial charge on any atom is 0.0294 e. The average molecular weight is 245 g/mol. The smallest absolute Gasteiger partial charge is 0.0294 e. The number of hydrogen-bond donors (Lipinski definition) is 1. The normalized spacial score (nSPS) is 25.9. The Morgan fingerprint density at radius 1 is 1.33 bits per heavy atom. The monoisotopic (exact) mass is 245 g/mol.